The molecule has 56 heavy (non-hydrogen) atoms. The Hall–Kier alpha value is -6.06. The molecule has 3 heteroatoms. The van der Waals surface area contributed by atoms with E-state index in [0.29, 0.717) is 5.41 Å². The number of nitrogens with zero attached hydrogens (tertiary/aromatic N) is 2. The van der Waals surface area contributed by atoms with Crippen molar-refractivity contribution in [2.24, 2.45) is 23.7 Å². The van der Waals surface area contributed by atoms with Gasteiger partial charge in [-0.05, 0) is 133 Å². The van der Waals surface area contributed by atoms with E-state index >= 15 is 0 Å². The van der Waals surface area contributed by atoms with Crippen molar-refractivity contribution >= 4 is 60.8 Å². The van der Waals surface area contributed by atoms with Crippen LogP contribution in [0.3, 0.4) is 0 Å². The molecule has 0 saturated heterocycles. The summed E-state index contributed by atoms with van der Waals surface area (Å²) in [7, 11) is 0. The molecule has 3 nitrogen and oxygen atoms in total. The topological polar surface area (TPSA) is 21.3 Å². The maximum atomic E-state index is 6.44. The van der Waals surface area contributed by atoms with Crippen LogP contribution in [0.2, 0.25) is 0 Å². The number of hydrogen-bond donors (Lipinski definition) is 0. The molecule has 0 aliphatic heterocycles. The van der Waals surface area contributed by atoms with Gasteiger partial charge in [0, 0.05) is 50.2 Å². The maximum Gasteiger partial charge on any atom is 0.137 e. The van der Waals surface area contributed by atoms with E-state index in [1.807, 2.05) is 6.07 Å². The summed E-state index contributed by atoms with van der Waals surface area (Å²) in [4.78, 5) is 2.40. The zero-order chi connectivity index (χ0) is 37.0. The first kappa shape index (κ1) is 32.2. The molecule has 2 heterocycles. The molecule has 7 aromatic carbocycles. The number of benzene rings is 7. The highest BCUT2D eigenvalue weighted by Gasteiger charge is 2.57. The van der Waals surface area contributed by atoms with Gasteiger partial charge in [-0.15, -0.1) is 0 Å². The predicted octanol–water partition coefficient (Wildman–Crippen LogP) is 14.5. The van der Waals surface area contributed by atoms with Crippen molar-refractivity contribution < 1.29 is 4.42 Å². The second-order valence-corrected chi connectivity index (χ2v) is 17.2. The minimum absolute atomic E-state index is 0.335. The Morgan fingerprint density at radius 3 is 1.93 bits per heavy atom. The molecular formula is C53H44N2O. The fourth-order valence-electron chi connectivity index (χ4n) is 11.7. The lowest BCUT2D eigenvalue weighted by Gasteiger charge is -2.42. The molecule has 12 rings (SSSR count). The quantitative estimate of drug-likeness (QED) is 0.170. The number of rotatable bonds is 6. The first-order valence-corrected chi connectivity index (χ1v) is 20.6. The number of para-hydroxylation sites is 4. The van der Waals surface area contributed by atoms with Crippen LogP contribution in [-0.4, -0.2) is 4.57 Å². The lowest BCUT2D eigenvalue weighted by Crippen LogP contribution is -2.34. The van der Waals surface area contributed by atoms with E-state index in [1.165, 1.54) is 76.4 Å². The molecule has 9 aromatic rings. The van der Waals surface area contributed by atoms with E-state index in [-0.39, 0.29) is 0 Å². The van der Waals surface area contributed by atoms with Crippen LogP contribution in [0.25, 0.3) is 60.6 Å². The molecule has 3 saturated carbocycles. The molecule has 3 aliphatic carbocycles. The first-order chi connectivity index (χ1) is 27.6. The summed E-state index contributed by atoms with van der Waals surface area (Å²) in [5, 5.41) is 4.84. The molecule has 5 atom stereocenters. The minimum Gasteiger partial charge on any atom is -0.456 e. The molecule has 2 aromatic heterocycles. The average Bonchev–Trinajstić information content (AvgIpc) is 3.85. The van der Waals surface area contributed by atoms with Gasteiger partial charge in [-0.25, -0.2) is 0 Å². The van der Waals surface area contributed by atoms with Crippen molar-refractivity contribution in [3.8, 4) is 16.8 Å². The monoisotopic (exact) mass is 724 g/mol. The van der Waals surface area contributed by atoms with Gasteiger partial charge in [0.05, 0.1) is 16.7 Å². The third kappa shape index (κ3) is 4.83. The van der Waals surface area contributed by atoms with Gasteiger partial charge in [-0.2, -0.15) is 0 Å². The van der Waals surface area contributed by atoms with E-state index in [9.17, 15) is 0 Å². The van der Waals surface area contributed by atoms with Gasteiger partial charge in [0.25, 0.3) is 0 Å². The van der Waals surface area contributed by atoms with Crippen LogP contribution in [0.1, 0.15) is 44.6 Å². The summed E-state index contributed by atoms with van der Waals surface area (Å²) in [5.74, 6) is 3.67. The van der Waals surface area contributed by atoms with Gasteiger partial charge in [0.15, 0.2) is 0 Å². The average molecular weight is 725 g/mol. The van der Waals surface area contributed by atoms with Crippen LogP contribution in [0.4, 0.5) is 17.1 Å². The Labute approximate surface area is 327 Å². The van der Waals surface area contributed by atoms with Crippen molar-refractivity contribution in [1.29, 1.82) is 0 Å². The third-order valence-corrected chi connectivity index (χ3v) is 14.1. The van der Waals surface area contributed by atoms with Crippen LogP contribution < -0.4 is 4.90 Å². The summed E-state index contributed by atoms with van der Waals surface area (Å²) in [5.41, 5.74) is 13.1. The van der Waals surface area contributed by atoms with Gasteiger partial charge in [-0.3, -0.25) is 0 Å². The number of aromatic nitrogens is 1. The Balaban J connectivity index is 0.965. The van der Waals surface area contributed by atoms with Crippen molar-refractivity contribution in [2.75, 3.05) is 4.90 Å². The minimum atomic E-state index is 0.335. The molecule has 3 fully saturated rings. The molecule has 3 aliphatic rings. The van der Waals surface area contributed by atoms with E-state index < -0.39 is 0 Å². The number of fused-ring (bicyclic) bond motifs is 7. The Morgan fingerprint density at radius 1 is 0.536 bits per heavy atom. The molecule has 3 unspecified atom stereocenters. The van der Waals surface area contributed by atoms with E-state index in [1.54, 1.807) is 5.56 Å². The highest BCUT2D eigenvalue weighted by atomic mass is 16.3. The summed E-state index contributed by atoms with van der Waals surface area (Å²) in [6.45, 7) is 2.51. The van der Waals surface area contributed by atoms with Crippen LogP contribution in [0.15, 0.2) is 168 Å². The van der Waals surface area contributed by atoms with Crippen LogP contribution in [0.5, 0.6) is 0 Å². The summed E-state index contributed by atoms with van der Waals surface area (Å²) in [6.07, 6.45) is 6.99. The predicted molar refractivity (Wildman–Crippen MR) is 233 cm³/mol. The number of hydrogen-bond acceptors (Lipinski definition) is 2. The molecular weight excluding hydrogens is 681 g/mol. The van der Waals surface area contributed by atoms with Crippen LogP contribution in [0, 0.1) is 23.7 Å². The Kier molecular flexibility index (Phi) is 7.03. The standard InChI is InChI=1S/C53H44N2O/c1-34-28-36-29-37-32-53(31-34,33-47(36)37)38-20-24-40(25-21-38)54(41-26-27-46-45-13-5-9-17-51(45)56-52(46)30-41)39-22-18-35(19-23-39)42-10-2-6-14-48(42)55-49-15-7-3-11-43(49)44-12-4-8-16-50(44)55/h2-27,30,34,36-37,47H,28-29,31-33H2,1H3/t34-,36?,37-,47?,53?/m0/s1. The van der Waals surface area contributed by atoms with Crippen molar-refractivity contribution in [2.45, 2.75) is 44.4 Å². The zero-order valence-corrected chi connectivity index (χ0v) is 31.7. The molecule has 0 spiro atoms. The van der Waals surface area contributed by atoms with E-state index in [4.69, 9.17) is 4.42 Å². The van der Waals surface area contributed by atoms with Gasteiger partial charge in [-0.1, -0.05) is 104 Å². The second-order valence-electron chi connectivity index (χ2n) is 17.2. The number of anilines is 3. The maximum absolute atomic E-state index is 6.44. The molecule has 0 amide bonds. The van der Waals surface area contributed by atoms with Gasteiger partial charge < -0.3 is 13.9 Å². The number of furan rings is 1. The van der Waals surface area contributed by atoms with E-state index in [2.05, 4.69) is 174 Å². The smallest absolute Gasteiger partial charge is 0.137 e. The van der Waals surface area contributed by atoms with Crippen LogP contribution >= 0.6 is 0 Å². The SMILES string of the molecule is C[C@H]1CC2C[C@H]3CC(c4ccc(N(c5ccc(-c6ccccc6-n6c7ccccc7c7ccccc76)cc5)c5ccc6c(c5)oc5ccccc56)cc4)(CC23)C1. The molecule has 2 bridgehead atoms. The summed E-state index contributed by atoms with van der Waals surface area (Å²) < 4.78 is 8.86. The Bertz CT molecular complexity index is 2890. The lowest BCUT2D eigenvalue weighted by atomic mass is 9.63. The third-order valence-electron chi connectivity index (χ3n) is 14.1. The Morgan fingerprint density at radius 2 is 1.16 bits per heavy atom. The lowest BCUT2D eigenvalue weighted by molar-refractivity contribution is 0.0780. The molecule has 272 valence electrons. The van der Waals surface area contributed by atoms with Gasteiger partial charge in [0.2, 0.25) is 0 Å². The zero-order valence-electron chi connectivity index (χ0n) is 31.7. The van der Waals surface area contributed by atoms with E-state index in [0.717, 1.165) is 57.0 Å². The van der Waals surface area contributed by atoms with Crippen molar-refractivity contribution in [3.05, 3.63) is 169 Å². The van der Waals surface area contributed by atoms with Gasteiger partial charge in [0.1, 0.15) is 11.2 Å². The van der Waals surface area contributed by atoms with Crippen LogP contribution in [-0.2, 0) is 5.41 Å². The first-order valence-electron chi connectivity index (χ1n) is 20.6. The normalized spacial score (nSPS) is 22.8. The van der Waals surface area contributed by atoms with Crippen molar-refractivity contribution in [1.82, 2.24) is 4.57 Å². The highest BCUT2D eigenvalue weighted by molar-refractivity contribution is 6.10. The molecule has 0 N–H and O–H groups in total. The second kappa shape index (κ2) is 12.2. The molecule has 0 radical (unpaired) electrons. The summed E-state index contributed by atoms with van der Waals surface area (Å²) in [6, 6.07) is 60.2. The van der Waals surface area contributed by atoms with Crippen molar-refractivity contribution in [3.63, 3.8) is 0 Å². The largest absolute Gasteiger partial charge is 0.456 e. The fraction of sp³-hybridized carbons (Fsp3) is 0.208. The highest BCUT2D eigenvalue weighted by Crippen LogP contribution is 2.65. The fourth-order valence-corrected chi connectivity index (χ4v) is 11.7. The van der Waals surface area contributed by atoms with Gasteiger partial charge >= 0.3 is 0 Å². The summed E-state index contributed by atoms with van der Waals surface area (Å²) >= 11 is 0.